The Balaban J connectivity index is 1.93. The molecule has 1 heterocycles. The Morgan fingerprint density at radius 1 is 0.943 bits per heavy atom. The Hall–Kier alpha value is -4.11. The van der Waals surface area contributed by atoms with E-state index in [2.05, 4.69) is 9.97 Å². The van der Waals surface area contributed by atoms with Crippen LogP contribution in [0.1, 0.15) is 22.8 Å². The molecule has 0 radical (unpaired) electrons. The van der Waals surface area contributed by atoms with Crippen molar-refractivity contribution in [3.05, 3.63) is 83.9 Å². The summed E-state index contributed by atoms with van der Waals surface area (Å²) in [6, 6.07) is 20.4. The minimum atomic E-state index is -4.28. The van der Waals surface area contributed by atoms with Crippen LogP contribution in [0.2, 0.25) is 0 Å². The van der Waals surface area contributed by atoms with Crippen molar-refractivity contribution in [1.82, 2.24) is 9.97 Å². The van der Waals surface area contributed by atoms with Crippen LogP contribution in [0.25, 0.3) is 22.2 Å². The molecule has 0 spiro atoms. The second-order valence-electron chi connectivity index (χ2n) is 7.93. The van der Waals surface area contributed by atoms with E-state index in [9.17, 15) is 18.0 Å². The molecule has 0 N–H and O–H groups in total. The number of fused-ring (bicyclic) bond motifs is 1. The van der Waals surface area contributed by atoms with Crippen LogP contribution in [0.15, 0.2) is 77.7 Å². The monoisotopic (exact) mass is 489 g/mol. The molecule has 3 aromatic carbocycles. The van der Waals surface area contributed by atoms with Gasteiger partial charge in [0, 0.05) is 16.5 Å². The lowest BCUT2D eigenvalue weighted by molar-refractivity contribution is -0.138. The Labute approximate surface area is 203 Å². The lowest BCUT2D eigenvalue weighted by Gasteiger charge is -2.22. The van der Waals surface area contributed by atoms with Crippen LogP contribution in [0.4, 0.5) is 5.95 Å². The van der Waals surface area contributed by atoms with Gasteiger partial charge < -0.3 is 4.74 Å². The first-order chi connectivity index (χ1) is 16.7. The summed E-state index contributed by atoms with van der Waals surface area (Å²) < 4.78 is 32.9. The van der Waals surface area contributed by atoms with Crippen molar-refractivity contribution in [3.63, 3.8) is 0 Å². The third-order valence-corrected chi connectivity index (χ3v) is 7.20. The molecule has 0 atom stereocenters. The average molecular weight is 490 g/mol. The summed E-state index contributed by atoms with van der Waals surface area (Å²) in [5.74, 6) is -1.13. The summed E-state index contributed by atoms with van der Waals surface area (Å²) in [4.78, 5) is 32.9. The predicted molar refractivity (Wildman–Crippen MR) is 133 cm³/mol. The van der Waals surface area contributed by atoms with Gasteiger partial charge >= 0.3 is 5.97 Å². The van der Waals surface area contributed by atoms with E-state index in [1.54, 1.807) is 6.07 Å². The lowest BCUT2D eigenvalue weighted by atomic mass is 10.0. The Morgan fingerprint density at radius 2 is 1.63 bits per heavy atom. The minimum Gasteiger partial charge on any atom is -0.468 e. The van der Waals surface area contributed by atoms with Crippen LogP contribution in [0, 0.1) is 6.92 Å². The third-order valence-electron chi connectivity index (χ3n) is 5.46. The molecule has 0 unspecified atom stereocenters. The molecule has 0 aliphatic rings. The van der Waals surface area contributed by atoms with E-state index in [1.807, 2.05) is 49.4 Å². The molecular formula is C26H23N3O5S. The van der Waals surface area contributed by atoms with Gasteiger partial charge in [0.05, 0.1) is 23.2 Å². The molecule has 0 bridgehead atoms. The highest BCUT2D eigenvalue weighted by Crippen LogP contribution is 2.31. The normalized spacial score (nSPS) is 11.3. The molecule has 4 aromatic rings. The minimum absolute atomic E-state index is 0.111. The highest BCUT2D eigenvalue weighted by molar-refractivity contribution is 7.92. The summed E-state index contributed by atoms with van der Waals surface area (Å²) >= 11 is 0. The first-order valence-corrected chi connectivity index (χ1v) is 12.2. The van der Waals surface area contributed by atoms with E-state index in [1.165, 1.54) is 38.3 Å². The number of ketones is 1. The smallest absolute Gasteiger partial charge is 0.326 e. The van der Waals surface area contributed by atoms with E-state index in [-0.39, 0.29) is 16.6 Å². The number of carbonyl (C=O) groups is 2. The maximum atomic E-state index is 13.7. The number of aryl methyl sites for hydroxylation is 1. The standard InChI is InChI=1S/C26H23N3O5S/c1-17-9-14-23-22(15-17)25(20-7-5-4-6-8-20)28-26(27-23)29(16-24(31)34-3)35(32,33)21-12-10-19(11-13-21)18(2)30/h4-15H,16H2,1-3H3. The van der Waals surface area contributed by atoms with Crippen molar-refractivity contribution in [2.45, 2.75) is 18.7 Å². The zero-order valence-electron chi connectivity index (χ0n) is 19.4. The number of anilines is 1. The molecule has 0 aliphatic heterocycles. The van der Waals surface area contributed by atoms with Gasteiger partial charge in [-0.3, -0.25) is 9.59 Å². The zero-order chi connectivity index (χ0) is 25.2. The molecule has 0 aliphatic carbocycles. The topological polar surface area (TPSA) is 107 Å². The van der Waals surface area contributed by atoms with E-state index in [0.717, 1.165) is 20.8 Å². The molecule has 1 aromatic heterocycles. The number of hydrogen-bond acceptors (Lipinski definition) is 7. The number of aromatic nitrogens is 2. The van der Waals surface area contributed by atoms with Crippen LogP contribution in [0.5, 0.6) is 0 Å². The molecule has 178 valence electrons. The van der Waals surface area contributed by atoms with Gasteiger partial charge in [0.1, 0.15) is 6.54 Å². The first kappa shape index (κ1) is 24.0. The second kappa shape index (κ2) is 9.63. The largest absolute Gasteiger partial charge is 0.468 e. The molecular weight excluding hydrogens is 466 g/mol. The van der Waals surface area contributed by atoms with Gasteiger partial charge in [-0.15, -0.1) is 0 Å². The Morgan fingerprint density at radius 3 is 2.26 bits per heavy atom. The van der Waals surface area contributed by atoms with Gasteiger partial charge in [-0.1, -0.05) is 54.1 Å². The maximum absolute atomic E-state index is 13.7. The molecule has 0 amide bonds. The number of esters is 1. The van der Waals surface area contributed by atoms with Crippen LogP contribution < -0.4 is 4.31 Å². The lowest BCUT2D eigenvalue weighted by Crippen LogP contribution is -2.37. The molecule has 4 rings (SSSR count). The molecule has 0 saturated carbocycles. The number of rotatable bonds is 7. The number of Topliss-reactive ketones (excluding diaryl/α,β-unsaturated/α-hetero) is 1. The first-order valence-electron chi connectivity index (χ1n) is 10.7. The van der Waals surface area contributed by atoms with E-state index in [0.29, 0.717) is 16.8 Å². The van der Waals surface area contributed by atoms with Gasteiger partial charge in [0.15, 0.2) is 5.78 Å². The highest BCUT2D eigenvalue weighted by atomic mass is 32.2. The quantitative estimate of drug-likeness (QED) is 0.283. The molecule has 35 heavy (non-hydrogen) atoms. The van der Waals surface area contributed by atoms with Crippen molar-refractivity contribution >= 4 is 38.6 Å². The molecule has 8 nitrogen and oxygen atoms in total. The van der Waals surface area contributed by atoms with Gasteiger partial charge in [-0.05, 0) is 38.1 Å². The van der Waals surface area contributed by atoms with Crippen LogP contribution in [-0.2, 0) is 19.6 Å². The van der Waals surface area contributed by atoms with E-state index < -0.39 is 22.5 Å². The van der Waals surface area contributed by atoms with Crippen LogP contribution in [-0.4, -0.2) is 43.8 Å². The third kappa shape index (κ3) is 4.90. The van der Waals surface area contributed by atoms with Crippen LogP contribution in [0.3, 0.4) is 0 Å². The van der Waals surface area contributed by atoms with Gasteiger partial charge in [0.25, 0.3) is 10.0 Å². The summed E-state index contributed by atoms with van der Waals surface area (Å²) in [5.41, 5.74) is 3.19. The molecule has 9 heteroatoms. The Kier molecular flexibility index (Phi) is 6.61. The van der Waals surface area contributed by atoms with Crippen molar-refractivity contribution < 1.29 is 22.7 Å². The fourth-order valence-corrected chi connectivity index (χ4v) is 4.90. The summed E-state index contributed by atoms with van der Waals surface area (Å²) in [7, 11) is -3.11. The summed E-state index contributed by atoms with van der Waals surface area (Å²) in [6.07, 6.45) is 0. The molecule has 0 saturated heterocycles. The SMILES string of the molecule is COC(=O)CN(c1nc(-c2ccccc2)c2cc(C)ccc2n1)S(=O)(=O)c1ccc(C(C)=O)cc1. The number of carbonyl (C=O) groups excluding carboxylic acids is 2. The van der Waals surface area contributed by atoms with Gasteiger partial charge in [-0.2, -0.15) is 0 Å². The fourth-order valence-electron chi connectivity index (χ4n) is 3.59. The maximum Gasteiger partial charge on any atom is 0.326 e. The van der Waals surface area contributed by atoms with Gasteiger partial charge in [0.2, 0.25) is 5.95 Å². The predicted octanol–water partition coefficient (Wildman–Crippen LogP) is 4.18. The highest BCUT2D eigenvalue weighted by Gasteiger charge is 2.31. The van der Waals surface area contributed by atoms with Crippen molar-refractivity contribution in [2.24, 2.45) is 0 Å². The summed E-state index contributed by atoms with van der Waals surface area (Å²) in [5, 5.41) is 0.751. The Bertz CT molecular complexity index is 1520. The van der Waals surface area contributed by atoms with E-state index >= 15 is 0 Å². The van der Waals surface area contributed by atoms with Gasteiger partial charge in [-0.25, -0.2) is 22.7 Å². The number of hydrogen-bond donors (Lipinski definition) is 0. The number of ether oxygens (including phenoxy) is 1. The number of sulfonamides is 1. The zero-order valence-corrected chi connectivity index (χ0v) is 20.2. The van der Waals surface area contributed by atoms with Crippen LogP contribution >= 0.6 is 0 Å². The number of methoxy groups -OCH3 is 1. The fraction of sp³-hybridized carbons (Fsp3) is 0.154. The van der Waals surface area contributed by atoms with Crippen molar-refractivity contribution in [3.8, 4) is 11.3 Å². The van der Waals surface area contributed by atoms with E-state index in [4.69, 9.17) is 4.74 Å². The number of nitrogens with zero attached hydrogens (tertiary/aromatic N) is 3. The summed E-state index contributed by atoms with van der Waals surface area (Å²) in [6.45, 7) is 2.71. The number of benzene rings is 3. The second-order valence-corrected chi connectivity index (χ2v) is 9.79. The average Bonchev–Trinajstić information content (AvgIpc) is 2.87. The van der Waals surface area contributed by atoms with Crippen molar-refractivity contribution in [1.29, 1.82) is 0 Å². The molecule has 0 fully saturated rings. The van der Waals surface area contributed by atoms with Crippen molar-refractivity contribution in [2.75, 3.05) is 18.0 Å².